The van der Waals surface area contributed by atoms with Gasteiger partial charge in [-0.25, -0.2) is 8.42 Å². The molecule has 1 rings (SSSR count). The van der Waals surface area contributed by atoms with Crippen molar-refractivity contribution in [2.75, 3.05) is 25.2 Å². The highest BCUT2D eigenvalue weighted by Gasteiger charge is 2.33. The molecule has 0 aromatic heterocycles. The van der Waals surface area contributed by atoms with Crippen LogP contribution in [0.2, 0.25) is 0 Å². The smallest absolute Gasteiger partial charge is 0.309 e. The second-order valence-corrected chi connectivity index (χ2v) is 6.19. The van der Waals surface area contributed by atoms with E-state index < -0.39 is 21.7 Å². The lowest BCUT2D eigenvalue weighted by atomic mass is 9.88. The Morgan fingerprint density at radius 1 is 1.47 bits per heavy atom. The molecule has 88 valence electrons. The van der Waals surface area contributed by atoms with Crippen LogP contribution in [0, 0.1) is 11.8 Å². The van der Waals surface area contributed by atoms with E-state index in [-0.39, 0.29) is 24.0 Å². The zero-order chi connectivity index (χ0) is 11.5. The molecule has 0 radical (unpaired) electrons. The Bertz CT molecular complexity index is 307. The van der Waals surface area contributed by atoms with Gasteiger partial charge in [0.05, 0.1) is 24.0 Å². The summed E-state index contributed by atoms with van der Waals surface area (Å²) in [6, 6.07) is 0. The molecular formula is C9H16O5S. The third kappa shape index (κ3) is 3.46. The average Bonchev–Trinajstić information content (AvgIpc) is 2.14. The van der Waals surface area contributed by atoms with Crippen molar-refractivity contribution in [3.05, 3.63) is 0 Å². The van der Waals surface area contributed by atoms with Crippen molar-refractivity contribution in [2.24, 2.45) is 11.8 Å². The van der Waals surface area contributed by atoms with Crippen molar-refractivity contribution in [3.63, 3.8) is 0 Å². The van der Waals surface area contributed by atoms with E-state index in [1.807, 2.05) is 0 Å². The summed E-state index contributed by atoms with van der Waals surface area (Å²) in [7, 11) is -1.47. The number of aliphatic carboxylic acids is 1. The molecule has 1 aliphatic rings. The molecule has 15 heavy (non-hydrogen) atoms. The Morgan fingerprint density at radius 3 is 2.40 bits per heavy atom. The van der Waals surface area contributed by atoms with Crippen molar-refractivity contribution in [1.82, 2.24) is 0 Å². The number of carboxylic acid groups (broad SMARTS) is 1. The summed E-state index contributed by atoms with van der Waals surface area (Å²) >= 11 is 0. The van der Waals surface area contributed by atoms with Gasteiger partial charge in [-0.3, -0.25) is 4.79 Å². The van der Waals surface area contributed by atoms with Crippen molar-refractivity contribution >= 4 is 15.8 Å². The highest BCUT2D eigenvalue weighted by atomic mass is 32.2. The van der Waals surface area contributed by atoms with E-state index >= 15 is 0 Å². The summed E-state index contributed by atoms with van der Waals surface area (Å²) in [5.74, 6) is -1.35. The van der Waals surface area contributed by atoms with Gasteiger partial charge in [0.2, 0.25) is 0 Å². The molecule has 1 aliphatic heterocycles. The van der Waals surface area contributed by atoms with Gasteiger partial charge in [-0.2, -0.15) is 0 Å². The van der Waals surface area contributed by atoms with Gasteiger partial charge in [0.25, 0.3) is 0 Å². The van der Waals surface area contributed by atoms with E-state index in [1.165, 1.54) is 7.11 Å². The summed E-state index contributed by atoms with van der Waals surface area (Å²) in [5.41, 5.74) is 0. The number of sulfone groups is 1. The molecule has 0 amide bonds. The first-order valence-electron chi connectivity index (χ1n) is 4.88. The van der Waals surface area contributed by atoms with Crippen LogP contribution in [0.15, 0.2) is 0 Å². The molecular weight excluding hydrogens is 220 g/mol. The van der Waals surface area contributed by atoms with E-state index in [0.29, 0.717) is 12.8 Å². The molecule has 6 heteroatoms. The molecule has 1 fully saturated rings. The van der Waals surface area contributed by atoms with Crippen LogP contribution in [0.1, 0.15) is 12.8 Å². The normalized spacial score (nSPS) is 23.5. The monoisotopic (exact) mass is 236 g/mol. The maximum atomic E-state index is 11.2. The molecule has 0 aliphatic carbocycles. The lowest BCUT2D eigenvalue weighted by molar-refractivity contribution is -0.146. The summed E-state index contributed by atoms with van der Waals surface area (Å²) < 4.78 is 27.2. The summed E-state index contributed by atoms with van der Waals surface area (Å²) in [6.45, 7) is 0.153. The largest absolute Gasteiger partial charge is 0.481 e. The lowest BCUT2D eigenvalue weighted by Crippen LogP contribution is -2.34. The highest BCUT2D eigenvalue weighted by molar-refractivity contribution is 7.91. The van der Waals surface area contributed by atoms with Crippen LogP contribution in [-0.2, 0) is 19.4 Å². The quantitative estimate of drug-likeness (QED) is 0.752. The standard InChI is InChI=1S/C9H16O5S/c1-14-6-8(9(10)11)7-2-4-15(12,13)5-3-7/h7-8H,2-6H2,1H3,(H,10,11). The van der Waals surface area contributed by atoms with Crippen LogP contribution in [0.25, 0.3) is 0 Å². The van der Waals surface area contributed by atoms with Gasteiger partial charge in [-0.1, -0.05) is 0 Å². The molecule has 1 saturated heterocycles. The lowest BCUT2D eigenvalue weighted by Gasteiger charge is -2.26. The fourth-order valence-corrected chi connectivity index (χ4v) is 3.43. The minimum Gasteiger partial charge on any atom is -0.481 e. The second kappa shape index (κ2) is 4.94. The van der Waals surface area contributed by atoms with Crippen LogP contribution in [0.3, 0.4) is 0 Å². The molecule has 0 spiro atoms. The Kier molecular flexibility index (Phi) is 4.10. The molecule has 0 aromatic rings. The molecule has 0 aromatic carbocycles. The number of hydrogen-bond acceptors (Lipinski definition) is 4. The summed E-state index contributed by atoms with van der Waals surface area (Å²) in [4.78, 5) is 10.9. The van der Waals surface area contributed by atoms with E-state index in [9.17, 15) is 13.2 Å². The molecule has 0 saturated carbocycles. The number of carbonyl (C=O) groups is 1. The van der Waals surface area contributed by atoms with Crippen molar-refractivity contribution in [3.8, 4) is 0 Å². The van der Waals surface area contributed by atoms with Crippen molar-refractivity contribution < 1.29 is 23.1 Å². The number of rotatable bonds is 4. The van der Waals surface area contributed by atoms with Crippen LogP contribution in [0.5, 0.6) is 0 Å². The Balaban J connectivity index is 2.60. The number of methoxy groups -OCH3 is 1. The van der Waals surface area contributed by atoms with Crippen LogP contribution >= 0.6 is 0 Å². The SMILES string of the molecule is COCC(C(=O)O)C1CCS(=O)(=O)CC1. The van der Waals surface area contributed by atoms with Gasteiger partial charge in [-0.15, -0.1) is 0 Å². The number of ether oxygens (including phenoxy) is 1. The van der Waals surface area contributed by atoms with E-state index in [2.05, 4.69) is 0 Å². The topological polar surface area (TPSA) is 80.7 Å². The first kappa shape index (κ1) is 12.4. The zero-order valence-electron chi connectivity index (χ0n) is 8.68. The highest BCUT2D eigenvalue weighted by Crippen LogP contribution is 2.26. The molecule has 1 heterocycles. The summed E-state index contributed by atoms with van der Waals surface area (Å²) in [6.07, 6.45) is 0.866. The first-order chi connectivity index (χ1) is 6.96. The second-order valence-electron chi connectivity index (χ2n) is 3.89. The van der Waals surface area contributed by atoms with Crippen LogP contribution < -0.4 is 0 Å². The van der Waals surface area contributed by atoms with Gasteiger partial charge in [-0.05, 0) is 18.8 Å². The minimum atomic E-state index is -2.92. The van der Waals surface area contributed by atoms with E-state index in [4.69, 9.17) is 9.84 Å². The summed E-state index contributed by atoms with van der Waals surface area (Å²) in [5, 5.41) is 8.96. The van der Waals surface area contributed by atoms with Gasteiger partial charge >= 0.3 is 5.97 Å². The van der Waals surface area contributed by atoms with Crippen LogP contribution in [-0.4, -0.2) is 44.7 Å². The average molecular weight is 236 g/mol. The fourth-order valence-electron chi connectivity index (χ4n) is 1.90. The van der Waals surface area contributed by atoms with Crippen molar-refractivity contribution in [1.29, 1.82) is 0 Å². The Hall–Kier alpha value is -0.620. The Labute approximate surface area is 89.3 Å². The molecule has 5 nitrogen and oxygen atoms in total. The van der Waals surface area contributed by atoms with Gasteiger partial charge in [0, 0.05) is 7.11 Å². The maximum absolute atomic E-state index is 11.2. The molecule has 1 N–H and O–H groups in total. The zero-order valence-corrected chi connectivity index (χ0v) is 9.50. The van der Waals surface area contributed by atoms with E-state index in [1.54, 1.807) is 0 Å². The van der Waals surface area contributed by atoms with Gasteiger partial charge < -0.3 is 9.84 Å². The number of carboxylic acids is 1. The minimum absolute atomic E-state index is 0.0778. The molecule has 1 atom stereocenters. The van der Waals surface area contributed by atoms with Crippen LogP contribution in [0.4, 0.5) is 0 Å². The maximum Gasteiger partial charge on any atom is 0.309 e. The predicted octanol–water partition coefficient (Wildman–Crippen LogP) is 0.158. The predicted molar refractivity (Wildman–Crippen MR) is 54.4 cm³/mol. The molecule has 1 unspecified atom stereocenters. The van der Waals surface area contributed by atoms with Gasteiger partial charge in [0.1, 0.15) is 9.84 Å². The third-order valence-corrected chi connectivity index (χ3v) is 4.55. The van der Waals surface area contributed by atoms with E-state index in [0.717, 1.165) is 0 Å². The molecule has 0 bridgehead atoms. The first-order valence-corrected chi connectivity index (χ1v) is 6.70. The van der Waals surface area contributed by atoms with Gasteiger partial charge in [0.15, 0.2) is 0 Å². The number of hydrogen-bond donors (Lipinski definition) is 1. The fraction of sp³-hybridized carbons (Fsp3) is 0.889. The van der Waals surface area contributed by atoms with Crippen molar-refractivity contribution in [2.45, 2.75) is 12.8 Å². The Morgan fingerprint density at radius 2 is 2.00 bits per heavy atom. The third-order valence-electron chi connectivity index (χ3n) is 2.83.